The number of likely N-dealkylation sites (tertiary alicyclic amines) is 1. The van der Waals surface area contributed by atoms with E-state index in [9.17, 15) is 23.1 Å². The molecule has 3 rings (SSSR count). The molecule has 3 N–H and O–H groups in total. The number of carbonyl (C=O) groups is 1. The predicted molar refractivity (Wildman–Crippen MR) is 101 cm³/mol. The fourth-order valence-electron chi connectivity index (χ4n) is 3.52. The second-order valence-corrected chi connectivity index (χ2v) is 7.26. The molecule has 164 valence electrons. The smallest absolute Gasteiger partial charge is 0.389 e. The number of piperidine rings is 1. The van der Waals surface area contributed by atoms with Gasteiger partial charge in [0.15, 0.2) is 0 Å². The van der Waals surface area contributed by atoms with Gasteiger partial charge in [-0.05, 0) is 13.3 Å². The maximum absolute atomic E-state index is 12.6. The highest BCUT2D eigenvalue weighted by Gasteiger charge is 2.41. The molecular weight excluding hydrogens is 415 g/mol. The summed E-state index contributed by atoms with van der Waals surface area (Å²) in [6, 6.07) is -0.540. The lowest BCUT2D eigenvalue weighted by Gasteiger charge is -2.40. The van der Waals surface area contributed by atoms with E-state index < -0.39 is 23.9 Å². The van der Waals surface area contributed by atoms with Gasteiger partial charge in [0.1, 0.15) is 6.10 Å². The molecule has 29 heavy (non-hydrogen) atoms. The molecule has 1 amide bonds. The van der Waals surface area contributed by atoms with Crippen molar-refractivity contribution in [2.45, 2.75) is 50.2 Å². The van der Waals surface area contributed by atoms with E-state index >= 15 is 0 Å². The van der Waals surface area contributed by atoms with Gasteiger partial charge in [0.05, 0.1) is 24.3 Å². The number of hydrogen-bond acceptors (Lipinski definition) is 7. The van der Waals surface area contributed by atoms with Crippen molar-refractivity contribution in [3.63, 3.8) is 0 Å². The quantitative estimate of drug-likeness (QED) is 0.699. The van der Waals surface area contributed by atoms with Crippen LogP contribution in [0.3, 0.4) is 0 Å². The van der Waals surface area contributed by atoms with Crippen LogP contribution in [0.5, 0.6) is 0 Å². The molecule has 1 aromatic heterocycles. The molecule has 3 heterocycles. The van der Waals surface area contributed by atoms with E-state index in [-0.39, 0.29) is 49.5 Å². The SMILES string of the molecule is C[C@H](N)CO[C@@H]1CCN([C@H]2CCN(c3ncc(C(F)(F)F)cn3)C[C@@H]2O)C1=O.Cl. The summed E-state index contributed by atoms with van der Waals surface area (Å²) in [5.74, 6) is -0.0414. The number of aliphatic hydroxyl groups is 1. The second-order valence-electron chi connectivity index (χ2n) is 7.26. The van der Waals surface area contributed by atoms with Gasteiger partial charge in [-0.15, -0.1) is 12.4 Å². The average Bonchev–Trinajstić information content (AvgIpc) is 3.00. The minimum absolute atomic E-state index is 0. The van der Waals surface area contributed by atoms with E-state index in [2.05, 4.69) is 9.97 Å². The summed E-state index contributed by atoms with van der Waals surface area (Å²) >= 11 is 0. The fraction of sp³-hybridized carbons (Fsp3) is 0.706. The summed E-state index contributed by atoms with van der Waals surface area (Å²) in [6.45, 7) is 3.12. The van der Waals surface area contributed by atoms with Crippen LogP contribution in [0, 0.1) is 0 Å². The Bertz CT molecular complexity index is 692. The van der Waals surface area contributed by atoms with E-state index in [0.717, 1.165) is 12.4 Å². The Morgan fingerprint density at radius 3 is 2.52 bits per heavy atom. The predicted octanol–water partition coefficient (Wildman–Crippen LogP) is 0.821. The monoisotopic (exact) mass is 439 g/mol. The minimum atomic E-state index is -4.50. The molecule has 0 aromatic carbocycles. The summed E-state index contributed by atoms with van der Waals surface area (Å²) in [5.41, 5.74) is 4.73. The number of β-amino-alcohol motifs (C(OH)–C–C–N with tert-alkyl or cyclic N) is 1. The van der Waals surface area contributed by atoms with Crippen molar-refractivity contribution in [2.24, 2.45) is 5.73 Å². The van der Waals surface area contributed by atoms with Gasteiger partial charge in [-0.1, -0.05) is 0 Å². The molecule has 0 spiro atoms. The number of aromatic nitrogens is 2. The first-order valence-electron chi connectivity index (χ1n) is 9.16. The molecule has 2 saturated heterocycles. The van der Waals surface area contributed by atoms with E-state index in [4.69, 9.17) is 10.5 Å². The van der Waals surface area contributed by atoms with Crippen molar-refractivity contribution in [1.82, 2.24) is 14.9 Å². The lowest BCUT2D eigenvalue weighted by Crippen LogP contribution is -2.55. The number of aliphatic hydroxyl groups excluding tert-OH is 1. The highest BCUT2D eigenvalue weighted by molar-refractivity contribution is 5.85. The Hall–Kier alpha value is -1.69. The van der Waals surface area contributed by atoms with Crippen molar-refractivity contribution in [3.05, 3.63) is 18.0 Å². The number of nitrogens with zero attached hydrogens (tertiary/aromatic N) is 4. The van der Waals surface area contributed by atoms with Crippen LogP contribution in [-0.4, -0.2) is 76.4 Å². The molecule has 0 aliphatic carbocycles. The normalized spacial score (nSPS) is 26.4. The molecule has 8 nitrogen and oxygen atoms in total. The number of ether oxygens (including phenoxy) is 1. The molecule has 1 aromatic rings. The number of nitrogens with two attached hydrogens (primary N) is 1. The third kappa shape index (κ3) is 5.47. The molecule has 0 saturated carbocycles. The third-order valence-corrected chi connectivity index (χ3v) is 4.95. The van der Waals surface area contributed by atoms with Gasteiger partial charge in [-0.25, -0.2) is 9.97 Å². The summed E-state index contributed by atoms with van der Waals surface area (Å²) in [6.07, 6.45) is -3.46. The van der Waals surface area contributed by atoms with Crippen LogP contribution >= 0.6 is 12.4 Å². The topological polar surface area (TPSA) is 105 Å². The lowest BCUT2D eigenvalue weighted by atomic mass is 10.0. The van der Waals surface area contributed by atoms with Gasteiger partial charge in [0.2, 0.25) is 5.95 Å². The molecular formula is C17H25ClF3N5O3. The number of alkyl halides is 3. The average molecular weight is 440 g/mol. The van der Waals surface area contributed by atoms with Gasteiger partial charge in [-0.2, -0.15) is 13.2 Å². The van der Waals surface area contributed by atoms with Crippen LogP contribution in [0.15, 0.2) is 12.4 Å². The van der Waals surface area contributed by atoms with Crippen LogP contribution in [0.2, 0.25) is 0 Å². The molecule has 2 aliphatic heterocycles. The zero-order valence-electron chi connectivity index (χ0n) is 15.9. The molecule has 2 aliphatic rings. The summed E-state index contributed by atoms with van der Waals surface area (Å²) < 4.78 is 43.4. The van der Waals surface area contributed by atoms with Gasteiger partial charge in [-0.3, -0.25) is 4.79 Å². The highest BCUT2D eigenvalue weighted by atomic mass is 35.5. The Morgan fingerprint density at radius 1 is 1.31 bits per heavy atom. The standard InChI is InChI=1S/C17H24F3N5O3.ClH/c1-10(21)9-28-14-3-5-25(15(14)27)12-2-4-24(8-13(12)26)16-22-6-11(7-23-16)17(18,19)20;/h6-7,10,12-14,26H,2-5,8-9,21H2,1H3;1H/t10-,12-,13-,14+;/m0./s1. The van der Waals surface area contributed by atoms with Gasteiger partial charge < -0.3 is 25.4 Å². The first-order chi connectivity index (χ1) is 13.2. The number of carbonyl (C=O) groups excluding carboxylic acids is 1. The Labute approximate surface area is 172 Å². The lowest BCUT2D eigenvalue weighted by molar-refractivity contribution is -0.141. The van der Waals surface area contributed by atoms with Crippen molar-refractivity contribution in [1.29, 1.82) is 0 Å². The van der Waals surface area contributed by atoms with Gasteiger partial charge in [0, 0.05) is 44.5 Å². The summed E-state index contributed by atoms with van der Waals surface area (Å²) in [5, 5.41) is 10.5. The number of hydrogen-bond donors (Lipinski definition) is 2. The van der Waals surface area contributed by atoms with Crippen molar-refractivity contribution in [3.8, 4) is 0 Å². The Balaban J connectivity index is 0.00000300. The van der Waals surface area contributed by atoms with E-state index in [1.54, 1.807) is 16.7 Å². The van der Waals surface area contributed by atoms with Crippen molar-refractivity contribution in [2.75, 3.05) is 31.1 Å². The minimum Gasteiger partial charge on any atom is -0.389 e. The van der Waals surface area contributed by atoms with Crippen LogP contribution in [-0.2, 0) is 15.7 Å². The maximum Gasteiger partial charge on any atom is 0.419 e. The van der Waals surface area contributed by atoms with Crippen LogP contribution in [0.4, 0.5) is 19.1 Å². The molecule has 0 bridgehead atoms. The number of anilines is 1. The van der Waals surface area contributed by atoms with Crippen molar-refractivity contribution >= 4 is 24.3 Å². The molecule has 12 heteroatoms. The zero-order chi connectivity index (χ0) is 20.5. The van der Waals surface area contributed by atoms with Crippen molar-refractivity contribution < 1.29 is 27.8 Å². The first kappa shape index (κ1) is 23.6. The van der Waals surface area contributed by atoms with Gasteiger partial charge >= 0.3 is 6.18 Å². The Kier molecular flexibility index (Phi) is 7.66. The molecule has 2 fully saturated rings. The van der Waals surface area contributed by atoms with E-state index in [1.165, 1.54) is 0 Å². The fourth-order valence-corrected chi connectivity index (χ4v) is 3.52. The first-order valence-corrected chi connectivity index (χ1v) is 9.16. The largest absolute Gasteiger partial charge is 0.419 e. The van der Waals surface area contributed by atoms with Crippen LogP contribution in [0.1, 0.15) is 25.3 Å². The van der Waals surface area contributed by atoms with Crippen LogP contribution in [0.25, 0.3) is 0 Å². The van der Waals surface area contributed by atoms with E-state index in [0.29, 0.717) is 25.9 Å². The molecule has 0 unspecified atom stereocenters. The second kappa shape index (κ2) is 9.41. The highest BCUT2D eigenvalue weighted by Crippen LogP contribution is 2.29. The number of rotatable bonds is 5. The number of halogens is 4. The zero-order valence-corrected chi connectivity index (χ0v) is 16.7. The van der Waals surface area contributed by atoms with E-state index in [1.807, 2.05) is 0 Å². The van der Waals surface area contributed by atoms with Gasteiger partial charge in [0.25, 0.3) is 5.91 Å². The Morgan fingerprint density at radius 2 is 1.97 bits per heavy atom. The number of amides is 1. The maximum atomic E-state index is 12.6. The molecule has 4 atom stereocenters. The third-order valence-electron chi connectivity index (χ3n) is 4.95. The van der Waals surface area contributed by atoms with Crippen LogP contribution < -0.4 is 10.6 Å². The summed E-state index contributed by atoms with van der Waals surface area (Å²) in [7, 11) is 0. The summed E-state index contributed by atoms with van der Waals surface area (Å²) in [4.78, 5) is 23.3. The molecule has 0 radical (unpaired) electrons.